The second-order valence-electron chi connectivity index (χ2n) is 4.42. The van der Waals surface area contributed by atoms with E-state index < -0.39 is 4.92 Å². The first-order valence-electron chi connectivity index (χ1n) is 6.77. The highest BCUT2D eigenvalue weighted by Crippen LogP contribution is 2.28. The number of methoxy groups -OCH3 is 2. The van der Waals surface area contributed by atoms with Crippen LogP contribution in [0, 0.1) is 10.1 Å². The summed E-state index contributed by atoms with van der Waals surface area (Å²) in [6, 6.07) is 4.89. The SMILES string of the molecule is COCCCOc1cc(CNCCOC)ccc1[N+](=O)[O-]. The van der Waals surface area contributed by atoms with Crippen molar-refractivity contribution in [3.05, 3.63) is 33.9 Å². The van der Waals surface area contributed by atoms with Crippen LogP contribution in [-0.4, -0.2) is 45.5 Å². The molecule has 0 aliphatic carbocycles. The smallest absolute Gasteiger partial charge is 0.310 e. The van der Waals surface area contributed by atoms with E-state index in [0.29, 0.717) is 38.5 Å². The molecule has 1 rings (SSSR count). The second kappa shape index (κ2) is 10.1. The van der Waals surface area contributed by atoms with Crippen LogP contribution >= 0.6 is 0 Å². The van der Waals surface area contributed by atoms with Gasteiger partial charge in [0, 0.05) is 46.4 Å². The van der Waals surface area contributed by atoms with E-state index in [1.165, 1.54) is 6.07 Å². The van der Waals surface area contributed by atoms with Gasteiger partial charge in [-0.3, -0.25) is 10.1 Å². The van der Waals surface area contributed by atoms with Gasteiger partial charge in [0.05, 0.1) is 18.1 Å². The van der Waals surface area contributed by atoms with E-state index in [-0.39, 0.29) is 5.69 Å². The average Bonchev–Trinajstić information content (AvgIpc) is 2.48. The molecule has 1 aromatic carbocycles. The van der Waals surface area contributed by atoms with Crippen molar-refractivity contribution >= 4 is 5.69 Å². The number of nitrogens with zero attached hydrogens (tertiary/aromatic N) is 1. The lowest BCUT2D eigenvalue weighted by atomic mass is 10.2. The van der Waals surface area contributed by atoms with Crippen LogP contribution < -0.4 is 10.1 Å². The van der Waals surface area contributed by atoms with Gasteiger partial charge in [0.1, 0.15) is 0 Å². The number of nitro groups is 1. The van der Waals surface area contributed by atoms with Gasteiger partial charge in [-0.2, -0.15) is 0 Å². The van der Waals surface area contributed by atoms with Gasteiger partial charge in [0.2, 0.25) is 0 Å². The Morgan fingerprint density at radius 2 is 1.95 bits per heavy atom. The first-order valence-corrected chi connectivity index (χ1v) is 6.77. The number of ether oxygens (including phenoxy) is 3. The maximum Gasteiger partial charge on any atom is 0.310 e. The van der Waals surface area contributed by atoms with E-state index in [4.69, 9.17) is 14.2 Å². The van der Waals surface area contributed by atoms with Gasteiger partial charge in [-0.15, -0.1) is 0 Å². The Hall–Kier alpha value is -1.70. The summed E-state index contributed by atoms with van der Waals surface area (Å²) >= 11 is 0. The Bertz CT molecular complexity index is 439. The Morgan fingerprint density at radius 1 is 1.19 bits per heavy atom. The molecule has 0 bridgehead atoms. The van der Waals surface area contributed by atoms with Crippen LogP contribution in [0.15, 0.2) is 18.2 Å². The number of nitrogens with one attached hydrogen (secondary N) is 1. The molecule has 0 fully saturated rings. The quantitative estimate of drug-likeness (QED) is 0.381. The largest absolute Gasteiger partial charge is 0.487 e. The molecule has 1 N–H and O–H groups in total. The third-order valence-electron chi connectivity index (χ3n) is 2.78. The molecule has 7 nitrogen and oxygen atoms in total. The number of nitro benzene ring substituents is 1. The summed E-state index contributed by atoms with van der Waals surface area (Å²) in [7, 11) is 3.24. The lowest BCUT2D eigenvalue weighted by molar-refractivity contribution is -0.385. The van der Waals surface area contributed by atoms with Crippen LogP contribution in [0.4, 0.5) is 5.69 Å². The molecule has 0 heterocycles. The molecule has 1 aromatic rings. The monoisotopic (exact) mass is 298 g/mol. The molecule has 0 aliphatic rings. The number of rotatable bonds is 11. The molecule has 0 aromatic heterocycles. The van der Waals surface area contributed by atoms with Crippen LogP contribution in [0.1, 0.15) is 12.0 Å². The van der Waals surface area contributed by atoms with Gasteiger partial charge in [-0.1, -0.05) is 6.07 Å². The fourth-order valence-electron chi connectivity index (χ4n) is 1.73. The molecule has 0 spiro atoms. The normalized spacial score (nSPS) is 10.6. The lowest BCUT2D eigenvalue weighted by Crippen LogP contribution is -2.18. The van der Waals surface area contributed by atoms with Crippen LogP contribution in [0.3, 0.4) is 0 Å². The van der Waals surface area contributed by atoms with Crippen molar-refractivity contribution in [1.82, 2.24) is 5.32 Å². The van der Waals surface area contributed by atoms with Crippen molar-refractivity contribution in [2.24, 2.45) is 0 Å². The third-order valence-corrected chi connectivity index (χ3v) is 2.78. The predicted molar refractivity (Wildman–Crippen MR) is 78.7 cm³/mol. The van der Waals surface area contributed by atoms with Crippen molar-refractivity contribution < 1.29 is 19.1 Å². The first kappa shape index (κ1) is 17.4. The van der Waals surface area contributed by atoms with Gasteiger partial charge in [-0.05, 0) is 11.6 Å². The van der Waals surface area contributed by atoms with Crippen LogP contribution in [0.2, 0.25) is 0 Å². The maximum absolute atomic E-state index is 11.0. The predicted octanol–water partition coefficient (Wildman–Crippen LogP) is 1.75. The molecule has 7 heteroatoms. The van der Waals surface area contributed by atoms with E-state index in [0.717, 1.165) is 12.1 Å². The van der Waals surface area contributed by atoms with Gasteiger partial charge >= 0.3 is 5.69 Å². The molecule has 21 heavy (non-hydrogen) atoms. The molecule has 0 unspecified atom stereocenters. The summed E-state index contributed by atoms with van der Waals surface area (Å²) in [6.07, 6.45) is 0.684. The minimum atomic E-state index is -0.437. The zero-order valence-electron chi connectivity index (χ0n) is 12.5. The lowest BCUT2D eigenvalue weighted by Gasteiger charge is -2.09. The zero-order valence-corrected chi connectivity index (χ0v) is 12.5. The molecular formula is C14H22N2O5. The molecular weight excluding hydrogens is 276 g/mol. The van der Waals surface area contributed by atoms with Crippen LogP contribution in [0.5, 0.6) is 5.75 Å². The van der Waals surface area contributed by atoms with Crippen LogP contribution in [0.25, 0.3) is 0 Å². The van der Waals surface area contributed by atoms with Crippen molar-refractivity contribution in [2.75, 3.05) is 40.6 Å². The Balaban J connectivity index is 2.64. The van der Waals surface area contributed by atoms with Crippen molar-refractivity contribution in [3.8, 4) is 5.75 Å². The minimum absolute atomic E-state index is 0.0203. The molecule has 0 saturated heterocycles. The Morgan fingerprint density at radius 3 is 2.62 bits per heavy atom. The molecule has 0 radical (unpaired) electrons. The molecule has 0 saturated carbocycles. The molecule has 118 valence electrons. The van der Waals surface area contributed by atoms with Gasteiger partial charge in [0.25, 0.3) is 0 Å². The van der Waals surface area contributed by atoms with E-state index in [9.17, 15) is 10.1 Å². The molecule has 0 atom stereocenters. The van der Waals surface area contributed by atoms with Gasteiger partial charge < -0.3 is 19.5 Å². The van der Waals surface area contributed by atoms with E-state index in [2.05, 4.69) is 5.32 Å². The van der Waals surface area contributed by atoms with E-state index in [1.807, 2.05) is 0 Å². The topological polar surface area (TPSA) is 82.9 Å². The maximum atomic E-state index is 11.0. The summed E-state index contributed by atoms with van der Waals surface area (Å²) in [6.45, 7) is 2.89. The third kappa shape index (κ3) is 6.52. The highest BCUT2D eigenvalue weighted by atomic mass is 16.6. The Labute approximate surface area is 124 Å². The fourth-order valence-corrected chi connectivity index (χ4v) is 1.73. The average molecular weight is 298 g/mol. The van der Waals surface area contributed by atoms with Gasteiger partial charge in [-0.25, -0.2) is 0 Å². The summed E-state index contributed by atoms with van der Waals surface area (Å²) < 4.78 is 15.4. The zero-order chi connectivity index (χ0) is 15.5. The summed E-state index contributed by atoms with van der Waals surface area (Å²) in [5.41, 5.74) is 0.909. The highest BCUT2D eigenvalue weighted by Gasteiger charge is 2.15. The second-order valence-corrected chi connectivity index (χ2v) is 4.42. The summed E-state index contributed by atoms with van der Waals surface area (Å²) in [5.74, 6) is 0.294. The molecule has 0 amide bonds. The van der Waals surface area contributed by atoms with Crippen molar-refractivity contribution in [3.63, 3.8) is 0 Å². The fraction of sp³-hybridized carbons (Fsp3) is 0.571. The first-order chi connectivity index (χ1) is 10.2. The minimum Gasteiger partial charge on any atom is -0.487 e. The standard InChI is InChI=1S/C14H22N2O5/c1-19-7-3-8-21-14-10-12(11-15-6-9-20-2)4-5-13(14)16(17)18/h4-5,10,15H,3,6-9,11H2,1-2H3. The van der Waals surface area contributed by atoms with Gasteiger partial charge in [0.15, 0.2) is 5.75 Å². The van der Waals surface area contributed by atoms with Crippen LogP contribution in [-0.2, 0) is 16.0 Å². The van der Waals surface area contributed by atoms with E-state index >= 15 is 0 Å². The summed E-state index contributed by atoms with van der Waals surface area (Å²) in [4.78, 5) is 10.6. The number of hydrogen-bond donors (Lipinski definition) is 1. The summed E-state index contributed by atoms with van der Waals surface area (Å²) in [5, 5.41) is 14.2. The van der Waals surface area contributed by atoms with E-state index in [1.54, 1.807) is 26.4 Å². The highest BCUT2D eigenvalue weighted by molar-refractivity contribution is 5.48. The van der Waals surface area contributed by atoms with Crippen molar-refractivity contribution in [1.29, 1.82) is 0 Å². The number of hydrogen-bond acceptors (Lipinski definition) is 6. The Kier molecular flexibility index (Phi) is 8.34. The molecule has 0 aliphatic heterocycles. The van der Waals surface area contributed by atoms with Crippen molar-refractivity contribution in [2.45, 2.75) is 13.0 Å². The number of benzene rings is 1.